The zero-order valence-corrected chi connectivity index (χ0v) is 13.2. The second kappa shape index (κ2) is 6.77. The summed E-state index contributed by atoms with van der Waals surface area (Å²) in [7, 11) is 0. The molecule has 2 aliphatic heterocycles. The van der Waals surface area contributed by atoms with Crippen LogP contribution in [0.25, 0.3) is 0 Å². The molecule has 0 saturated carbocycles. The summed E-state index contributed by atoms with van der Waals surface area (Å²) in [5.41, 5.74) is 2.98. The molecule has 1 aromatic carbocycles. The van der Waals surface area contributed by atoms with E-state index in [4.69, 9.17) is 0 Å². The van der Waals surface area contributed by atoms with Gasteiger partial charge in [0.2, 0.25) is 5.91 Å². The van der Waals surface area contributed by atoms with Gasteiger partial charge in [-0.15, -0.1) is 0 Å². The van der Waals surface area contributed by atoms with Gasteiger partial charge >= 0.3 is 0 Å². The van der Waals surface area contributed by atoms with Gasteiger partial charge in [-0.25, -0.2) is 0 Å². The fraction of sp³-hybridized carbons (Fsp3) is 0.588. The van der Waals surface area contributed by atoms with Crippen molar-refractivity contribution in [1.29, 1.82) is 0 Å². The predicted molar refractivity (Wildman–Crippen MR) is 87.1 cm³/mol. The van der Waals surface area contributed by atoms with Crippen LogP contribution in [0.1, 0.15) is 30.6 Å². The smallest absolute Gasteiger partial charge is 0.231 e. The topological polar surface area (TPSA) is 55.8 Å². The highest BCUT2D eigenvalue weighted by molar-refractivity contribution is 6.01. The minimum atomic E-state index is -0.453. The van der Waals surface area contributed by atoms with Crippen molar-refractivity contribution < 1.29 is 9.90 Å². The van der Waals surface area contributed by atoms with Crippen LogP contribution >= 0.6 is 0 Å². The Morgan fingerprint density at radius 3 is 2.82 bits per heavy atom. The third kappa shape index (κ3) is 3.16. The molecule has 5 heteroatoms. The lowest BCUT2D eigenvalue weighted by atomic mass is 10.0. The van der Waals surface area contributed by atoms with Crippen LogP contribution in [0, 0.1) is 0 Å². The number of hydrogen-bond donors (Lipinski definition) is 2. The highest BCUT2D eigenvalue weighted by atomic mass is 16.3. The summed E-state index contributed by atoms with van der Waals surface area (Å²) >= 11 is 0. The van der Waals surface area contributed by atoms with E-state index in [1.807, 2.05) is 30.0 Å². The Kier molecular flexibility index (Phi) is 4.76. The molecule has 2 aliphatic rings. The summed E-state index contributed by atoms with van der Waals surface area (Å²) in [5, 5.41) is 13.8. The Morgan fingerprint density at radius 1 is 1.32 bits per heavy atom. The van der Waals surface area contributed by atoms with Crippen LogP contribution in [0.5, 0.6) is 0 Å². The monoisotopic (exact) mass is 303 g/mol. The molecule has 1 amide bonds. The number of likely N-dealkylation sites (N-methyl/N-ethyl adjacent to an activating group) is 1. The average Bonchev–Trinajstić information content (AvgIpc) is 2.87. The van der Waals surface area contributed by atoms with E-state index >= 15 is 0 Å². The van der Waals surface area contributed by atoms with E-state index in [0.717, 1.165) is 56.0 Å². The molecule has 120 valence electrons. The lowest BCUT2D eigenvalue weighted by Crippen LogP contribution is -2.44. The minimum absolute atomic E-state index is 0.157. The number of amides is 1. The SMILES string of the molecule is CCN1C(=O)Cc2cc(C(O)CCN3CCNCC3)ccc21. The number of rotatable bonds is 5. The number of aliphatic hydroxyl groups excluding tert-OH is 1. The van der Waals surface area contributed by atoms with Crippen molar-refractivity contribution in [2.75, 3.05) is 44.2 Å². The molecule has 0 radical (unpaired) electrons. The highest BCUT2D eigenvalue weighted by Gasteiger charge is 2.26. The quantitative estimate of drug-likeness (QED) is 0.849. The Bertz CT molecular complexity index is 541. The van der Waals surface area contributed by atoms with Crippen molar-refractivity contribution >= 4 is 11.6 Å². The molecule has 1 unspecified atom stereocenters. The summed E-state index contributed by atoms with van der Waals surface area (Å²) in [6.07, 6.45) is 0.747. The van der Waals surface area contributed by atoms with E-state index in [1.54, 1.807) is 0 Å². The number of nitrogens with one attached hydrogen (secondary N) is 1. The van der Waals surface area contributed by atoms with Gasteiger partial charge in [-0.2, -0.15) is 0 Å². The van der Waals surface area contributed by atoms with Crippen molar-refractivity contribution in [3.05, 3.63) is 29.3 Å². The number of nitrogens with zero attached hydrogens (tertiary/aromatic N) is 2. The second-order valence-electron chi connectivity index (χ2n) is 6.10. The van der Waals surface area contributed by atoms with E-state index in [0.29, 0.717) is 13.0 Å². The Balaban J connectivity index is 1.63. The number of aliphatic hydroxyl groups is 1. The summed E-state index contributed by atoms with van der Waals surface area (Å²) < 4.78 is 0. The fourth-order valence-corrected chi connectivity index (χ4v) is 3.36. The molecule has 0 bridgehead atoms. The number of benzene rings is 1. The van der Waals surface area contributed by atoms with Gasteiger partial charge in [0.05, 0.1) is 12.5 Å². The lowest BCUT2D eigenvalue weighted by molar-refractivity contribution is -0.117. The summed E-state index contributed by atoms with van der Waals surface area (Å²) in [6, 6.07) is 5.95. The van der Waals surface area contributed by atoms with Crippen LogP contribution in [-0.2, 0) is 11.2 Å². The summed E-state index contributed by atoms with van der Waals surface area (Å²) in [5.74, 6) is 0.157. The van der Waals surface area contributed by atoms with Crippen molar-refractivity contribution in [3.63, 3.8) is 0 Å². The maximum atomic E-state index is 11.9. The van der Waals surface area contributed by atoms with Gasteiger partial charge in [0.15, 0.2) is 0 Å². The van der Waals surface area contributed by atoms with Gasteiger partial charge in [0, 0.05) is 45.0 Å². The van der Waals surface area contributed by atoms with Crippen LogP contribution in [0.3, 0.4) is 0 Å². The van der Waals surface area contributed by atoms with Gasteiger partial charge in [0.1, 0.15) is 0 Å². The largest absolute Gasteiger partial charge is 0.388 e. The Labute approximate surface area is 131 Å². The molecule has 22 heavy (non-hydrogen) atoms. The zero-order chi connectivity index (χ0) is 15.5. The van der Waals surface area contributed by atoms with E-state index < -0.39 is 6.10 Å². The third-order valence-corrected chi connectivity index (χ3v) is 4.67. The highest BCUT2D eigenvalue weighted by Crippen LogP contribution is 2.31. The summed E-state index contributed by atoms with van der Waals surface area (Å²) in [4.78, 5) is 16.1. The first kappa shape index (κ1) is 15.5. The zero-order valence-electron chi connectivity index (χ0n) is 13.2. The number of hydrogen-bond acceptors (Lipinski definition) is 4. The number of piperazine rings is 1. The first-order valence-corrected chi connectivity index (χ1v) is 8.23. The number of anilines is 1. The van der Waals surface area contributed by atoms with E-state index in [-0.39, 0.29) is 5.91 Å². The average molecular weight is 303 g/mol. The van der Waals surface area contributed by atoms with Crippen LogP contribution in [0.15, 0.2) is 18.2 Å². The molecule has 5 nitrogen and oxygen atoms in total. The normalized spacial score (nSPS) is 20.3. The van der Waals surface area contributed by atoms with Crippen molar-refractivity contribution in [1.82, 2.24) is 10.2 Å². The molecule has 1 atom stereocenters. The fourth-order valence-electron chi connectivity index (χ4n) is 3.36. The van der Waals surface area contributed by atoms with E-state index in [2.05, 4.69) is 10.2 Å². The predicted octanol–water partition coefficient (Wildman–Crippen LogP) is 0.924. The third-order valence-electron chi connectivity index (χ3n) is 4.67. The van der Waals surface area contributed by atoms with E-state index in [1.165, 1.54) is 0 Å². The first-order valence-electron chi connectivity index (χ1n) is 8.23. The van der Waals surface area contributed by atoms with Gasteiger partial charge in [-0.05, 0) is 30.5 Å². The van der Waals surface area contributed by atoms with Gasteiger partial charge < -0.3 is 20.2 Å². The molecule has 1 aromatic rings. The molecule has 3 rings (SSSR count). The van der Waals surface area contributed by atoms with Crippen molar-refractivity contribution in [2.45, 2.75) is 25.9 Å². The Hall–Kier alpha value is -1.43. The van der Waals surface area contributed by atoms with Gasteiger partial charge in [-0.1, -0.05) is 12.1 Å². The molecule has 0 aromatic heterocycles. The summed E-state index contributed by atoms with van der Waals surface area (Å²) in [6.45, 7) is 7.78. The van der Waals surface area contributed by atoms with Gasteiger partial charge in [0.25, 0.3) is 0 Å². The van der Waals surface area contributed by atoms with Crippen molar-refractivity contribution in [3.8, 4) is 0 Å². The van der Waals surface area contributed by atoms with Crippen LogP contribution in [-0.4, -0.2) is 55.2 Å². The molecule has 1 fully saturated rings. The minimum Gasteiger partial charge on any atom is -0.388 e. The molecule has 2 heterocycles. The molecule has 0 aliphatic carbocycles. The number of fused-ring (bicyclic) bond motifs is 1. The maximum absolute atomic E-state index is 11.9. The van der Waals surface area contributed by atoms with E-state index in [9.17, 15) is 9.90 Å². The Morgan fingerprint density at radius 2 is 2.09 bits per heavy atom. The first-order chi connectivity index (χ1) is 10.7. The molecular weight excluding hydrogens is 278 g/mol. The lowest BCUT2D eigenvalue weighted by Gasteiger charge is -2.28. The molecule has 1 saturated heterocycles. The maximum Gasteiger partial charge on any atom is 0.231 e. The van der Waals surface area contributed by atoms with Crippen molar-refractivity contribution in [2.24, 2.45) is 0 Å². The molecular formula is C17H25N3O2. The standard InChI is InChI=1S/C17H25N3O2/c1-2-20-15-4-3-13(11-14(15)12-17(20)22)16(21)5-8-19-9-6-18-7-10-19/h3-4,11,16,18,21H,2,5-10,12H2,1H3. The number of carbonyl (C=O) groups excluding carboxylic acids is 1. The second-order valence-corrected chi connectivity index (χ2v) is 6.10. The number of carbonyl (C=O) groups is 1. The molecule has 0 spiro atoms. The van der Waals surface area contributed by atoms with Crippen LogP contribution < -0.4 is 10.2 Å². The van der Waals surface area contributed by atoms with Crippen LogP contribution in [0.4, 0.5) is 5.69 Å². The van der Waals surface area contributed by atoms with Gasteiger partial charge in [-0.3, -0.25) is 4.79 Å². The van der Waals surface area contributed by atoms with Crippen LogP contribution in [0.2, 0.25) is 0 Å². The molecule has 2 N–H and O–H groups in total.